The van der Waals surface area contributed by atoms with Crippen molar-refractivity contribution in [3.63, 3.8) is 0 Å². The van der Waals surface area contributed by atoms with Gasteiger partial charge in [0.05, 0.1) is 0 Å². The predicted octanol–water partition coefficient (Wildman–Crippen LogP) is 3.39. The molecule has 0 amide bonds. The van der Waals surface area contributed by atoms with Crippen LogP contribution in [0.15, 0.2) is 12.1 Å². The molecule has 3 heteroatoms. The number of nitrogens with zero attached hydrogens (tertiary/aromatic N) is 1. The average Bonchev–Trinajstić information content (AvgIpc) is 2.62. The molecule has 1 fully saturated rings. The summed E-state index contributed by atoms with van der Waals surface area (Å²) in [5.41, 5.74) is 9.02. The van der Waals surface area contributed by atoms with Gasteiger partial charge in [-0.2, -0.15) is 0 Å². The van der Waals surface area contributed by atoms with E-state index in [1.54, 1.807) is 6.07 Å². The molecule has 0 spiro atoms. The van der Waals surface area contributed by atoms with Crippen molar-refractivity contribution < 1.29 is 4.39 Å². The van der Waals surface area contributed by atoms with Crippen LogP contribution in [-0.4, -0.2) is 13.1 Å². The van der Waals surface area contributed by atoms with E-state index in [4.69, 9.17) is 5.73 Å². The second-order valence-corrected chi connectivity index (χ2v) is 6.28. The first-order valence-electron chi connectivity index (χ1n) is 6.61. The fraction of sp³-hybridized carbons (Fsp3) is 0.600. The number of nitrogens with two attached hydrogens (primary N) is 1. The molecule has 0 saturated carbocycles. The van der Waals surface area contributed by atoms with Crippen LogP contribution >= 0.6 is 0 Å². The van der Waals surface area contributed by atoms with Gasteiger partial charge in [-0.15, -0.1) is 0 Å². The molecule has 0 unspecified atom stereocenters. The summed E-state index contributed by atoms with van der Waals surface area (Å²) < 4.78 is 13.7. The summed E-state index contributed by atoms with van der Waals surface area (Å²) in [6, 6.07) is 3.40. The van der Waals surface area contributed by atoms with E-state index in [-0.39, 0.29) is 11.9 Å². The fourth-order valence-corrected chi connectivity index (χ4v) is 2.64. The maximum atomic E-state index is 13.7. The lowest BCUT2D eigenvalue weighted by molar-refractivity contribution is 0.418. The zero-order valence-electron chi connectivity index (χ0n) is 11.8. The second kappa shape index (κ2) is 4.54. The summed E-state index contributed by atoms with van der Waals surface area (Å²) in [6.45, 7) is 10.3. The third-order valence-electron chi connectivity index (χ3n) is 3.82. The zero-order valence-corrected chi connectivity index (χ0v) is 11.8. The SMILES string of the molecule is Cc1cc(N2CCC(C)(C)C2)c([C@@H](C)N)cc1F. The van der Waals surface area contributed by atoms with Crippen molar-refractivity contribution >= 4 is 5.69 Å². The molecule has 18 heavy (non-hydrogen) atoms. The van der Waals surface area contributed by atoms with Crippen LogP contribution in [0.5, 0.6) is 0 Å². The minimum Gasteiger partial charge on any atom is -0.371 e. The third kappa shape index (κ3) is 2.51. The van der Waals surface area contributed by atoms with E-state index < -0.39 is 0 Å². The molecule has 1 heterocycles. The first kappa shape index (κ1) is 13.3. The third-order valence-corrected chi connectivity index (χ3v) is 3.82. The van der Waals surface area contributed by atoms with Crippen molar-refractivity contribution in [2.24, 2.45) is 11.1 Å². The number of hydrogen-bond acceptors (Lipinski definition) is 2. The summed E-state index contributed by atoms with van der Waals surface area (Å²) in [4.78, 5) is 2.34. The van der Waals surface area contributed by atoms with Gasteiger partial charge in [-0.05, 0) is 48.9 Å². The molecule has 1 aliphatic heterocycles. The molecule has 1 atom stereocenters. The van der Waals surface area contributed by atoms with Gasteiger partial charge in [0.25, 0.3) is 0 Å². The van der Waals surface area contributed by atoms with Crippen LogP contribution in [0.2, 0.25) is 0 Å². The van der Waals surface area contributed by atoms with Crippen LogP contribution in [0, 0.1) is 18.2 Å². The van der Waals surface area contributed by atoms with Crippen molar-refractivity contribution in [2.75, 3.05) is 18.0 Å². The molecule has 2 rings (SSSR count). The maximum absolute atomic E-state index is 13.7. The van der Waals surface area contributed by atoms with Crippen molar-refractivity contribution in [3.8, 4) is 0 Å². The molecule has 0 radical (unpaired) electrons. The molecule has 1 aromatic rings. The molecular weight excluding hydrogens is 227 g/mol. The van der Waals surface area contributed by atoms with E-state index in [0.29, 0.717) is 11.0 Å². The van der Waals surface area contributed by atoms with Gasteiger partial charge in [-0.25, -0.2) is 4.39 Å². The highest BCUT2D eigenvalue weighted by atomic mass is 19.1. The van der Waals surface area contributed by atoms with Gasteiger partial charge in [-0.1, -0.05) is 13.8 Å². The minimum absolute atomic E-state index is 0.140. The Bertz CT molecular complexity index is 452. The summed E-state index contributed by atoms with van der Waals surface area (Å²) in [6.07, 6.45) is 1.17. The highest BCUT2D eigenvalue weighted by Gasteiger charge is 2.30. The maximum Gasteiger partial charge on any atom is 0.126 e. The summed E-state index contributed by atoms with van der Waals surface area (Å²) >= 11 is 0. The highest BCUT2D eigenvalue weighted by molar-refractivity contribution is 5.58. The summed E-state index contributed by atoms with van der Waals surface area (Å²) in [5.74, 6) is -0.162. The van der Waals surface area contributed by atoms with E-state index >= 15 is 0 Å². The van der Waals surface area contributed by atoms with Gasteiger partial charge in [0.1, 0.15) is 5.82 Å². The Morgan fingerprint density at radius 1 is 1.39 bits per heavy atom. The Hall–Kier alpha value is -1.09. The number of hydrogen-bond donors (Lipinski definition) is 1. The van der Waals surface area contributed by atoms with Crippen molar-refractivity contribution in [1.82, 2.24) is 0 Å². The van der Waals surface area contributed by atoms with Gasteiger partial charge in [0.15, 0.2) is 0 Å². The number of aryl methyl sites for hydroxylation is 1. The zero-order chi connectivity index (χ0) is 13.5. The standard InChI is InChI=1S/C15H23FN2/c1-10-7-14(12(11(2)17)8-13(10)16)18-6-5-15(3,4)9-18/h7-8,11H,5-6,9,17H2,1-4H3/t11-/m1/s1. The van der Waals surface area contributed by atoms with E-state index in [0.717, 1.165) is 24.3 Å². The first-order chi connectivity index (χ1) is 8.30. The lowest BCUT2D eigenvalue weighted by Crippen LogP contribution is -2.25. The number of halogens is 1. The molecule has 2 N–H and O–H groups in total. The highest BCUT2D eigenvalue weighted by Crippen LogP contribution is 2.36. The summed E-state index contributed by atoms with van der Waals surface area (Å²) in [5, 5.41) is 0. The topological polar surface area (TPSA) is 29.3 Å². The Morgan fingerprint density at radius 2 is 2.06 bits per heavy atom. The number of benzene rings is 1. The predicted molar refractivity (Wildman–Crippen MR) is 74.4 cm³/mol. The smallest absolute Gasteiger partial charge is 0.126 e. The lowest BCUT2D eigenvalue weighted by atomic mass is 9.93. The average molecular weight is 250 g/mol. The van der Waals surface area contributed by atoms with Gasteiger partial charge in [-0.3, -0.25) is 0 Å². The molecule has 0 aromatic heterocycles. The Balaban J connectivity index is 2.41. The van der Waals surface area contributed by atoms with Crippen LogP contribution in [-0.2, 0) is 0 Å². The van der Waals surface area contributed by atoms with Crippen LogP contribution in [0.1, 0.15) is 44.4 Å². The number of anilines is 1. The Labute approximate surface area is 109 Å². The Morgan fingerprint density at radius 3 is 2.56 bits per heavy atom. The summed E-state index contributed by atoms with van der Waals surface area (Å²) in [7, 11) is 0. The van der Waals surface area contributed by atoms with E-state index in [1.165, 1.54) is 6.42 Å². The quantitative estimate of drug-likeness (QED) is 0.871. The normalized spacial score (nSPS) is 20.2. The van der Waals surface area contributed by atoms with Gasteiger partial charge < -0.3 is 10.6 Å². The molecule has 0 bridgehead atoms. The molecular formula is C15H23FN2. The van der Waals surface area contributed by atoms with Crippen molar-refractivity contribution in [1.29, 1.82) is 0 Å². The molecule has 1 aromatic carbocycles. The van der Waals surface area contributed by atoms with Gasteiger partial charge in [0, 0.05) is 24.8 Å². The van der Waals surface area contributed by atoms with Crippen LogP contribution in [0.3, 0.4) is 0 Å². The molecule has 1 aliphatic rings. The lowest BCUT2D eigenvalue weighted by Gasteiger charge is -2.26. The Kier molecular flexibility index (Phi) is 3.37. The van der Waals surface area contributed by atoms with Gasteiger partial charge in [0.2, 0.25) is 0 Å². The van der Waals surface area contributed by atoms with E-state index in [1.807, 2.05) is 19.9 Å². The minimum atomic E-state index is -0.162. The van der Waals surface area contributed by atoms with Crippen LogP contribution < -0.4 is 10.6 Å². The largest absolute Gasteiger partial charge is 0.371 e. The van der Waals surface area contributed by atoms with Gasteiger partial charge >= 0.3 is 0 Å². The monoisotopic (exact) mass is 250 g/mol. The van der Waals surface area contributed by atoms with Crippen molar-refractivity contribution in [2.45, 2.75) is 40.2 Å². The first-order valence-corrected chi connectivity index (χ1v) is 6.61. The van der Waals surface area contributed by atoms with Crippen LogP contribution in [0.4, 0.5) is 10.1 Å². The molecule has 1 saturated heterocycles. The molecule has 0 aliphatic carbocycles. The molecule has 100 valence electrons. The fourth-order valence-electron chi connectivity index (χ4n) is 2.64. The molecule has 2 nitrogen and oxygen atoms in total. The van der Waals surface area contributed by atoms with E-state index in [2.05, 4.69) is 18.7 Å². The van der Waals surface area contributed by atoms with Crippen LogP contribution in [0.25, 0.3) is 0 Å². The van der Waals surface area contributed by atoms with E-state index in [9.17, 15) is 4.39 Å². The number of rotatable bonds is 2. The second-order valence-electron chi connectivity index (χ2n) is 6.28. The van der Waals surface area contributed by atoms with Crippen molar-refractivity contribution in [3.05, 3.63) is 29.1 Å².